The highest BCUT2D eigenvalue weighted by Gasteiger charge is 2.37. The molecular formula is C8H15N5O. The zero-order chi connectivity index (χ0) is 10.2. The Kier molecular flexibility index (Phi) is 2.24. The van der Waals surface area contributed by atoms with Gasteiger partial charge in [0.2, 0.25) is 5.82 Å². The van der Waals surface area contributed by atoms with Crippen LogP contribution in [0, 0.1) is 0 Å². The number of aromatic nitrogens is 4. The van der Waals surface area contributed by atoms with E-state index in [0.29, 0.717) is 24.8 Å². The summed E-state index contributed by atoms with van der Waals surface area (Å²) < 4.78 is 0. The van der Waals surface area contributed by atoms with E-state index in [4.69, 9.17) is 0 Å². The highest BCUT2D eigenvalue weighted by Crippen LogP contribution is 2.26. The molecule has 2 atom stereocenters. The summed E-state index contributed by atoms with van der Waals surface area (Å²) in [6, 6.07) is 0.451. The van der Waals surface area contributed by atoms with Crippen molar-refractivity contribution in [2.75, 3.05) is 6.54 Å². The number of aliphatic hydroxyl groups is 1. The number of hydrogen-bond donors (Lipinski definition) is 2. The Labute approximate surface area is 82.3 Å². The highest BCUT2D eigenvalue weighted by molar-refractivity contribution is 5.01. The van der Waals surface area contributed by atoms with E-state index < -0.39 is 5.60 Å². The van der Waals surface area contributed by atoms with Gasteiger partial charge in [0, 0.05) is 12.6 Å². The molecule has 2 unspecified atom stereocenters. The van der Waals surface area contributed by atoms with Gasteiger partial charge in [-0.05, 0) is 25.0 Å². The molecule has 0 aromatic carbocycles. The lowest BCUT2D eigenvalue weighted by molar-refractivity contribution is -0.00461. The van der Waals surface area contributed by atoms with Gasteiger partial charge in [-0.3, -0.25) is 0 Å². The molecule has 2 rings (SSSR count). The minimum atomic E-state index is -0.944. The van der Waals surface area contributed by atoms with Crippen LogP contribution in [0.25, 0.3) is 0 Å². The van der Waals surface area contributed by atoms with Crippen LogP contribution in [0.15, 0.2) is 0 Å². The Balaban J connectivity index is 2.16. The summed E-state index contributed by atoms with van der Waals surface area (Å²) in [5.74, 6) is 0.416. The van der Waals surface area contributed by atoms with Crippen molar-refractivity contribution in [2.45, 2.75) is 31.4 Å². The van der Waals surface area contributed by atoms with Crippen molar-refractivity contribution in [1.82, 2.24) is 25.5 Å². The Morgan fingerprint density at radius 2 is 2.43 bits per heavy atom. The zero-order valence-electron chi connectivity index (χ0n) is 8.43. The van der Waals surface area contributed by atoms with Gasteiger partial charge in [0.15, 0.2) is 0 Å². The molecule has 0 aliphatic carbocycles. The third-order valence-electron chi connectivity index (χ3n) is 2.66. The molecule has 78 valence electrons. The maximum atomic E-state index is 10.2. The van der Waals surface area contributed by atoms with Crippen molar-refractivity contribution in [3.8, 4) is 0 Å². The first kappa shape index (κ1) is 9.54. The molecular weight excluding hydrogens is 182 g/mol. The number of aryl methyl sites for hydroxylation is 1. The van der Waals surface area contributed by atoms with Gasteiger partial charge in [-0.15, -0.1) is 10.2 Å². The van der Waals surface area contributed by atoms with Crippen molar-refractivity contribution in [3.05, 3.63) is 5.82 Å². The first-order valence-corrected chi connectivity index (χ1v) is 4.80. The Hall–Kier alpha value is -1.01. The molecule has 1 aromatic heterocycles. The molecule has 1 saturated heterocycles. The van der Waals surface area contributed by atoms with Gasteiger partial charge in [0.05, 0.1) is 7.05 Å². The average molecular weight is 197 g/mol. The van der Waals surface area contributed by atoms with Crippen LogP contribution in [0.5, 0.6) is 0 Å². The fourth-order valence-corrected chi connectivity index (χ4v) is 1.65. The number of nitrogens with zero attached hydrogens (tertiary/aromatic N) is 4. The number of piperidine rings is 1. The van der Waals surface area contributed by atoms with Crippen LogP contribution >= 0.6 is 0 Å². The van der Waals surface area contributed by atoms with Gasteiger partial charge in [-0.2, -0.15) is 4.80 Å². The highest BCUT2D eigenvalue weighted by atomic mass is 16.3. The summed E-state index contributed by atoms with van der Waals surface area (Å²) in [5.41, 5.74) is -0.944. The summed E-state index contributed by atoms with van der Waals surface area (Å²) in [5, 5.41) is 25.1. The van der Waals surface area contributed by atoms with Crippen LogP contribution in [0.2, 0.25) is 0 Å². The van der Waals surface area contributed by atoms with Crippen LogP contribution in [0.3, 0.4) is 0 Å². The minimum absolute atomic E-state index is 0.416. The lowest BCUT2D eigenvalue weighted by atomic mass is 9.90. The molecule has 2 N–H and O–H groups in total. The van der Waals surface area contributed by atoms with Crippen LogP contribution < -0.4 is 5.32 Å². The third-order valence-corrected chi connectivity index (χ3v) is 2.66. The van der Waals surface area contributed by atoms with E-state index >= 15 is 0 Å². The minimum Gasteiger partial charge on any atom is -0.380 e. The second kappa shape index (κ2) is 3.29. The molecule has 1 aromatic rings. The molecule has 1 aliphatic heterocycles. The Morgan fingerprint density at radius 1 is 1.64 bits per heavy atom. The van der Waals surface area contributed by atoms with E-state index in [-0.39, 0.29) is 0 Å². The van der Waals surface area contributed by atoms with Crippen LogP contribution in [0.1, 0.15) is 25.6 Å². The van der Waals surface area contributed by atoms with Crippen LogP contribution in [-0.2, 0) is 12.6 Å². The molecule has 0 amide bonds. The maximum Gasteiger partial charge on any atom is 0.207 e. The molecule has 0 radical (unpaired) electrons. The molecule has 6 heteroatoms. The van der Waals surface area contributed by atoms with Gasteiger partial charge in [0.25, 0.3) is 0 Å². The van der Waals surface area contributed by atoms with Crippen molar-refractivity contribution in [3.63, 3.8) is 0 Å². The van der Waals surface area contributed by atoms with E-state index in [9.17, 15) is 5.11 Å². The van der Waals surface area contributed by atoms with Crippen LogP contribution in [-0.4, -0.2) is 37.9 Å². The average Bonchev–Trinajstić information content (AvgIpc) is 2.58. The summed E-state index contributed by atoms with van der Waals surface area (Å²) in [4.78, 5) is 1.37. The standard InChI is InChI=1S/C8H15N5O/c1-6-3-4-8(14,5-9-6)7-10-12-13(2)11-7/h6,9,14H,3-5H2,1-2H3. The number of rotatable bonds is 1. The van der Waals surface area contributed by atoms with E-state index in [2.05, 4.69) is 27.7 Å². The van der Waals surface area contributed by atoms with Crippen molar-refractivity contribution < 1.29 is 5.11 Å². The molecule has 1 aliphatic rings. The molecule has 0 saturated carbocycles. The first-order chi connectivity index (χ1) is 6.60. The molecule has 6 nitrogen and oxygen atoms in total. The summed E-state index contributed by atoms with van der Waals surface area (Å²) in [6.07, 6.45) is 1.61. The van der Waals surface area contributed by atoms with Gasteiger partial charge in [-0.25, -0.2) is 0 Å². The molecule has 0 bridgehead atoms. The largest absolute Gasteiger partial charge is 0.380 e. The molecule has 0 spiro atoms. The van der Waals surface area contributed by atoms with Crippen molar-refractivity contribution in [2.24, 2.45) is 7.05 Å². The van der Waals surface area contributed by atoms with Gasteiger partial charge in [0.1, 0.15) is 5.60 Å². The lowest BCUT2D eigenvalue weighted by Gasteiger charge is -2.33. The summed E-state index contributed by atoms with van der Waals surface area (Å²) >= 11 is 0. The summed E-state index contributed by atoms with van der Waals surface area (Å²) in [7, 11) is 1.69. The maximum absolute atomic E-state index is 10.2. The van der Waals surface area contributed by atoms with Gasteiger partial charge < -0.3 is 10.4 Å². The van der Waals surface area contributed by atoms with Crippen molar-refractivity contribution in [1.29, 1.82) is 0 Å². The number of β-amino-alcohol motifs (C(OH)–C–C–N with tert-alkyl or cyclic N) is 1. The number of hydrogen-bond acceptors (Lipinski definition) is 5. The van der Waals surface area contributed by atoms with E-state index in [1.165, 1.54) is 4.80 Å². The van der Waals surface area contributed by atoms with Crippen molar-refractivity contribution >= 4 is 0 Å². The number of nitrogens with one attached hydrogen (secondary N) is 1. The Bertz CT molecular complexity index is 315. The summed E-state index contributed by atoms with van der Waals surface area (Å²) in [6.45, 7) is 2.60. The van der Waals surface area contributed by atoms with E-state index in [0.717, 1.165) is 6.42 Å². The molecule has 14 heavy (non-hydrogen) atoms. The van der Waals surface area contributed by atoms with Gasteiger partial charge in [-0.1, -0.05) is 0 Å². The fourth-order valence-electron chi connectivity index (χ4n) is 1.65. The second-order valence-corrected chi connectivity index (χ2v) is 3.95. The predicted molar refractivity (Wildman–Crippen MR) is 49.4 cm³/mol. The van der Waals surface area contributed by atoms with Crippen LogP contribution in [0.4, 0.5) is 0 Å². The lowest BCUT2D eigenvalue weighted by Crippen LogP contribution is -2.47. The smallest absolute Gasteiger partial charge is 0.207 e. The second-order valence-electron chi connectivity index (χ2n) is 3.95. The molecule has 1 fully saturated rings. The zero-order valence-corrected chi connectivity index (χ0v) is 8.43. The monoisotopic (exact) mass is 197 g/mol. The van der Waals surface area contributed by atoms with E-state index in [1.807, 2.05) is 0 Å². The first-order valence-electron chi connectivity index (χ1n) is 4.80. The SMILES string of the molecule is CC1CCC(O)(c2nnn(C)n2)CN1. The Morgan fingerprint density at radius 3 is 2.93 bits per heavy atom. The quantitative estimate of drug-likeness (QED) is 0.614. The fraction of sp³-hybridized carbons (Fsp3) is 0.875. The van der Waals surface area contributed by atoms with Gasteiger partial charge >= 0.3 is 0 Å². The molecule has 2 heterocycles. The predicted octanol–water partition coefficient (Wildman–Crippen LogP) is -0.830. The third kappa shape index (κ3) is 1.62. The van der Waals surface area contributed by atoms with E-state index in [1.54, 1.807) is 7.05 Å². The topological polar surface area (TPSA) is 75.9 Å². The number of tetrazole rings is 1. The normalized spacial score (nSPS) is 33.2.